The van der Waals surface area contributed by atoms with E-state index in [4.69, 9.17) is 0 Å². The number of nitrogens with one attached hydrogen (secondary N) is 5. The van der Waals surface area contributed by atoms with Crippen LogP contribution in [-0.4, -0.2) is 106 Å². The Morgan fingerprint density at radius 1 is 0.679 bits per heavy atom. The summed E-state index contributed by atoms with van der Waals surface area (Å²) in [6, 6.07) is 2.68. The fourth-order valence-electron chi connectivity index (χ4n) is 7.15. The number of aryl methyl sites for hydroxylation is 1. The fraction of sp³-hybridized carbons (Fsp3) is 0.650. The predicted octanol–water partition coefficient (Wildman–Crippen LogP) is 1.90. The summed E-state index contributed by atoms with van der Waals surface area (Å²) in [5, 5.41) is 32.1. The predicted molar refractivity (Wildman–Crippen MR) is 206 cm³/mol. The lowest BCUT2D eigenvalue weighted by molar-refractivity contribution is -0.144. The molecule has 0 spiro atoms. The van der Waals surface area contributed by atoms with Gasteiger partial charge in [-0.2, -0.15) is 0 Å². The summed E-state index contributed by atoms with van der Waals surface area (Å²) >= 11 is 0. The maximum Gasteiger partial charge on any atom is 0.326 e. The third-order valence-electron chi connectivity index (χ3n) is 10.3. The molecule has 1 aliphatic heterocycles. The summed E-state index contributed by atoms with van der Waals surface area (Å²) in [6.07, 6.45) is 4.98. The highest BCUT2D eigenvalue weighted by atomic mass is 16.4. The number of nitrogens with zero attached hydrogens (tertiary/aromatic N) is 1. The number of hydrogen-bond acceptors (Lipinski definition) is 8. The van der Waals surface area contributed by atoms with Crippen LogP contribution in [0.3, 0.4) is 0 Å². The Balaban J connectivity index is 1.82. The van der Waals surface area contributed by atoms with Gasteiger partial charge in [0, 0.05) is 19.5 Å². The van der Waals surface area contributed by atoms with Gasteiger partial charge >= 0.3 is 11.9 Å². The Bertz CT molecular complexity index is 1520. The second-order valence-corrected chi connectivity index (χ2v) is 15.7. The van der Waals surface area contributed by atoms with Gasteiger partial charge in [-0.3, -0.25) is 33.6 Å². The largest absolute Gasteiger partial charge is 0.481 e. The first-order valence-corrected chi connectivity index (χ1v) is 19.8. The molecule has 0 unspecified atom stereocenters. The van der Waals surface area contributed by atoms with Crippen molar-refractivity contribution in [1.29, 1.82) is 0 Å². The van der Waals surface area contributed by atoms with Crippen molar-refractivity contribution in [3.05, 3.63) is 35.9 Å². The molecule has 6 amide bonds. The van der Waals surface area contributed by atoms with Crippen LogP contribution in [0.15, 0.2) is 30.3 Å². The van der Waals surface area contributed by atoms with Gasteiger partial charge in [-0.05, 0) is 61.8 Å². The molecule has 56 heavy (non-hydrogen) atoms. The standard InChI is InChI=1S/C40H60N6O10/c1-24(2)21-30(40(55)56)43-37(52)29(23-33(49)50)41-36(51)28(22-32(48)46-19-11-12-20-46)42-38(53)34(25(3)4)45-39(54)35(27-15-9-6-10-16-27)44-31(47)18-17-26-13-7-5-8-14-26/h5,7-8,13-14,24-25,27-30,34-35H,6,9-12,15-23H2,1-4H3,(H,41,51)(H,42,53)(H,43,52)(H,44,47)(H,45,54)(H,49,50)(H,55,56)/t28-,29-,30-,34-,35-/m0/s1. The molecule has 2 aliphatic rings. The highest BCUT2D eigenvalue weighted by Crippen LogP contribution is 2.27. The number of likely N-dealkylation sites (tertiary alicyclic amines) is 1. The van der Waals surface area contributed by atoms with Gasteiger partial charge in [0.15, 0.2) is 0 Å². The summed E-state index contributed by atoms with van der Waals surface area (Å²) in [6.45, 7) is 7.76. The Kier molecular flexibility index (Phi) is 18.2. The van der Waals surface area contributed by atoms with Crippen molar-refractivity contribution >= 4 is 47.4 Å². The van der Waals surface area contributed by atoms with E-state index in [-0.39, 0.29) is 30.6 Å². The molecular weight excluding hydrogens is 724 g/mol. The Labute approximate surface area is 328 Å². The molecule has 1 aromatic carbocycles. The Morgan fingerprint density at radius 2 is 1.25 bits per heavy atom. The number of carbonyl (C=O) groups is 8. The quantitative estimate of drug-likeness (QED) is 0.0956. The van der Waals surface area contributed by atoms with Gasteiger partial charge in [-0.25, -0.2) is 4.79 Å². The lowest BCUT2D eigenvalue weighted by Gasteiger charge is -2.32. The third-order valence-corrected chi connectivity index (χ3v) is 10.3. The van der Waals surface area contributed by atoms with Crippen LogP contribution in [0, 0.1) is 17.8 Å². The number of hydrogen-bond donors (Lipinski definition) is 7. The minimum absolute atomic E-state index is 0.0408. The van der Waals surface area contributed by atoms with E-state index in [0.29, 0.717) is 32.4 Å². The maximum atomic E-state index is 14.0. The van der Waals surface area contributed by atoms with E-state index in [0.717, 1.165) is 37.7 Å². The molecule has 1 aliphatic carbocycles. The molecule has 5 atom stereocenters. The van der Waals surface area contributed by atoms with Gasteiger partial charge < -0.3 is 41.7 Å². The first-order chi connectivity index (χ1) is 26.5. The van der Waals surface area contributed by atoms with E-state index in [1.165, 1.54) is 4.90 Å². The number of carboxylic acid groups (broad SMARTS) is 2. The molecule has 0 bridgehead atoms. The summed E-state index contributed by atoms with van der Waals surface area (Å²) in [5.74, 6) is -7.82. The zero-order valence-corrected chi connectivity index (χ0v) is 33.0. The SMILES string of the molecule is CC(C)C[C@H](NC(=O)[C@H](CC(=O)O)NC(=O)[C@H](CC(=O)N1CCCC1)NC(=O)[C@@H](NC(=O)[C@@H](NC(=O)CCc1ccccc1)C1CCCCC1)C(C)C)C(=O)O. The summed E-state index contributed by atoms with van der Waals surface area (Å²) in [4.78, 5) is 107. The van der Waals surface area contributed by atoms with E-state index in [2.05, 4.69) is 26.6 Å². The van der Waals surface area contributed by atoms with Gasteiger partial charge in [0.05, 0.1) is 12.8 Å². The topological polar surface area (TPSA) is 240 Å². The van der Waals surface area contributed by atoms with Gasteiger partial charge in [0.1, 0.15) is 30.2 Å². The Hall–Kier alpha value is -5.02. The molecule has 0 aromatic heterocycles. The maximum absolute atomic E-state index is 14.0. The number of aliphatic carboxylic acids is 2. The monoisotopic (exact) mass is 784 g/mol. The minimum atomic E-state index is -1.74. The number of rotatable bonds is 21. The lowest BCUT2D eigenvalue weighted by Crippen LogP contribution is -2.61. The molecule has 16 nitrogen and oxygen atoms in total. The van der Waals surface area contributed by atoms with Crippen molar-refractivity contribution in [2.45, 2.75) is 135 Å². The fourth-order valence-corrected chi connectivity index (χ4v) is 7.15. The van der Waals surface area contributed by atoms with Gasteiger partial charge in [-0.15, -0.1) is 0 Å². The molecule has 1 aromatic rings. The molecule has 1 heterocycles. The van der Waals surface area contributed by atoms with Gasteiger partial charge in [-0.1, -0.05) is 77.3 Å². The van der Waals surface area contributed by atoms with Crippen molar-refractivity contribution in [2.75, 3.05) is 13.1 Å². The van der Waals surface area contributed by atoms with E-state index in [1.54, 1.807) is 27.7 Å². The number of amides is 6. The van der Waals surface area contributed by atoms with Crippen LogP contribution < -0.4 is 26.6 Å². The minimum Gasteiger partial charge on any atom is -0.481 e. The molecule has 2 fully saturated rings. The Morgan fingerprint density at radius 3 is 1.80 bits per heavy atom. The number of benzene rings is 1. The van der Waals surface area contributed by atoms with Crippen molar-refractivity contribution in [3.63, 3.8) is 0 Å². The second kappa shape index (κ2) is 22.5. The lowest BCUT2D eigenvalue weighted by atomic mass is 9.83. The average molecular weight is 785 g/mol. The number of carboxylic acids is 2. The first-order valence-electron chi connectivity index (χ1n) is 19.8. The molecule has 7 N–H and O–H groups in total. The second-order valence-electron chi connectivity index (χ2n) is 15.7. The molecule has 310 valence electrons. The van der Waals surface area contributed by atoms with Crippen molar-refractivity contribution < 1.29 is 48.6 Å². The first kappa shape index (κ1) is 45.4. The van der Waals surface area contributed by atoms with E-state index < -0.39 is 90.4 Å². The van der Waals surface area contributed by atoms with Crippen LogP contribution in [-0.2, 0) is 44.8 Å². The highest BCUT2D eigenvalue weighted by Gasteiger charge is 2.37. The highest BCUT2D eigenvalue weighted by molar-refractivity contribution is 5.98. The molecule has 16 heteroatoms. The van der Waals surface area contributed by atoms with Crippen LogP contribution >= 0.6 is 0 Å². The molecule has 1 saturated carbocycles. The zero-order valence-electron chi connectivity index (χ0n) is 33.0. The number of carbonyl (C=O) groups excluding carboxylic acids is 6. The van der Waals surface area contributed by atoms with Gasteiger partial charge in [0.2, 0.25) is 35.4 Å². The summed E-state index contributed by atoms with van der Waals surface area (Å²) in [5.41, 5.74) is 0.977. The van der Waals surface area contributed by atoms with Crippen molar-refractivity contribution in [1.82, 2.24) is 31.5 Å². The molecule has 0 radical (unpaired) electrons. The van der Waals surface area contributed by atoms with Crippen LogP contribution in [0.2, 0.25) is 0 Å². The van der Waals surface area contributed by atoms with E-state index in [1.807, 2.05) is 30.3 Å². The van der Waals surface area contributed by atoms with Gasteiger partial charge in [0.25, 0.3) is 0 Å². The summed E-state index contributed by atoms with van der Waals surface area (Å²) in [7, 11) is 0. The van der Waals surface area contributed by atoms with E-state index in [9.17, 15) is 48.6 Å². The van der Waals surface area contributed by atoms with E-state index >= 15 is 0 Å². The normalized spacial score (nSPS) is 17.2. The van der Waals surface area contributed by atoms with Crippen LogP contribution in [0.1, 0.15) is 104 Å². The van der Waals surface area contributed by atoms with Crippen molar-refractivity contribution in [2.24, 2.45) is 17.8 Å². The van der Waals surface area contributed by atoms with Crippen LogP contribution in [0.4, 0.5) is 0 Å². The smallest absolute Gasteiger partial charge is 0.326 e. The van der Waals surface area contributed by atoms with Crippen LogP contribution in [0.5, 0.6) is 0 Å². The van der Waals surface area contributed by atoms with Crippen LogP contribution in [0.25, 0.3) is 0 Å². The summed E-state index contributed by atoms with van der Waals surface area (Å²) < 4.78 is 0. The zero-order chi connectivity index (χ0) is 41.4. The molecule has 1 saturated heterocycles. The molecule has 3 rings (SSSR count). The molecular formula is C40H60N6O10. The van der Waals surface area contributed by atoms with Crippen molar-refractivity contribution in [3.8, 4) is 0 Å². The third kappa shape index (κ3) is 14.9. The average Bonchev–Trinajstić information content (AvgIpc) is 3.70.